The number of amides is 3. The molecule has 1 fully saturated rings. The Labute approximate surface area is 118 Å². The molecular weight excluding hydrogens is 262 g/mol. The average Bonchev–Trinajstić information content (AvgIpc) is 2.36. The molecule has 1 atom stereocenters. The lowest BCUT2D eigenvalue weighted by Crippen LogP contribution is -2.59. The first-order valence-electron chi connectivity index (χ1n) is 6.85. The van der Waals surface area contributed by atoms with Crippen molar-refractivity contribution < 1.29 is 19.5 Å². The van der Waals surface area contributed by atoms with Gasteiger partial charge in [0.2, 0.25) is 5.91 Å². The topological polar surface area (TPSA) is 122 Å². The minimum absolute atomic E-state index is 0.0660. The first kappa shape index (κ1) is 16.3. The molecule has 0 radical (unpaired) electrons. The van der Waals surface area contributed by atoms with E-state index in [-0.39, 0.29) is 5.92 Å². The highest BCUT2D eigenvalue weighted by Gasteiger charge is 2.33. The number of rotatable bonds is 5. The standard InChI is InChI=1S/C13H23N3O4/c1-13(2,11(14)19)16-12(20)15-9(10(17)18)8-6-4-3-5-7-8/h8-9H,3-7H2,1-2H3,(H2,14,19)(H,17,18)(H2,15,16,20). The monoisotopic (exact) mass is 285 g/mol. The normalized spacial score (nSPS) is 18.1. The number of hydrogen-bond donors (Lipinski definition) is 4. The van der Waals surface area contributed by atoms with Gasteiger partial charge in [-0.3, -0.25) is 4.79 Å². The van der Waals surface area contributed by atoms with Crippen LogP contribution in [0.25, 0.3) is 0 Å². The molecule has 0 aromatic rings. The van der Waals surface area contributed by atoms with E-state index in [0.717, 1.165) is 32.1 Å². The van der Waals surface area contributed by atoms with Gasteiger partial charge in [0.25, 0.3) is 0 Å². The Morgan fingerprint density at radius 3 is 2.20 bits per heavy atom. The van der Waals surface area contributed by atoms with E-state index < -0.39 is 29.5 Å². The maximum atomic E-state index is 11.8. The second-order valence-corrected chi connectivity index (χ2v) is 5.80. The summed E-state index contributed by atoms with van der Waals surface area (Å²) in [6, 6.07) is -1.62. The Kier molecular flexibility index (Phi) is 5.35. The van der Waals surface area contributed by atoms with Gasteiger partial charge >= 0.3 is 12.0 Å². The van der Waals surface area contributed by atoms with Crippen LogP contribution in [-0.2, 0) is 9.59 Å². The zero-order valence-corrected chi connectivity index (χ0v) is 11.9. The number of carbonyl (C=O) groups excluding carboxylic acids is 2. The van der Waals surface area contributed by atoms with Crippen LogP contribution in [0.1, 0.15) is 46.0 Å². The second-order valence-electron chi connectivity index (χ2n) is 5.80. The summed E-state index contributed by atoms with van der Waals surface area (Å²) in [7, 11) is 0. The Balaban J connectivity index is 2.64. The minimum atomic E-state index is -1.22. The molecule has 20 heavy (non-hydrogen) atoms. The number of nitrogens with one attached hydrogen (secondary N) is 2. The van der Waals surface area contributed by atoms with Gasteiger partial charge in [-0.15, -0.1) is 0 Å². The van der Waals surface area contributed by atoms with Gasteiger partial charge in [-0.1, -0.05) is 19.3 Å². The molecule has 114 valence electrons. The number of urea groups is 1. The molecule has 0 aromatic heterocycles. The number of carboxylic acid groups (broad SMARTS) is 1. The van der Waals surface area contributed by atoms with Gasteiger partial charge in [-0.2, -0.15) is 0 Å². The molecule has 7 nitrogen and oxygen atoms in total. The van der Waals surface area contributed by atoms with Crippen molar-refractivity contribution in [1.82, 2.24) is 10.6 Å². The predicted molar refractivity (Wildman–Crippen MR) is 72.9 cm³/mol. The second kappa shape index (κ2) is 6.58. The molecule has 1 aliphatic rings. The first-order valence-corrected chi connectivity index (χ1v) is 6.85. The van der Waals surface area contributed by atoms with E-state index in [4.69, 9.17) is 5.73 Å². The Morgan fingerprint density at radius 1 is 1.20 bits per heavy atom. The van der Waals surface area contributed by atoms with E-state index in [1.54, 1.807) is 0 Å². The van der Waals surface area contributed by atoms with E-state index in [9.17, 15) is 19.5 Å². The number of nitrogens with two attached hydrogens (primary N) is 1. The van der Waals surface area contributed by atoms with Crippen molar-refractivity contribution in [2.45, 2.75) is 57.5 Å². The number of carbonyl (C=O) groups is 3. The molecule has 3 amide bonds. The van der Waals surface area contributed by atoms with Crippen LogP contribution in [0.4, 0.5) is 4.79 Å². The summed E-state index contributed by atoms with van der Waals surface area (Å²) in [6.45, 7) is 2.93. The molecule has 0 bridgehead atoms. The molecule has 0 spiro atoms. The predicted octanol–water partition coefficient (Wildman–Crippen LogP) is 0.583. The molecule has 7 heteroatoms. The van der Waals surface area contributed by atoms with Gasteiger partial charge in [0.15, 0.2) is 0 Å². The van der Waals surface area contributed by atoms with Crippen molar-refractivity contribution in [1.29, 1.82) is 0 Å². The summed E-state index contributed by atoms with van der Waals surface area (Å²) >= 11 is 0. The van der Waals surface area contributed by atoms with Crippen LogP contribution >= 0.6 is 0 Å². The van der Waals surface area contributed by atoms with Crippen LogP contribution in [0, 0.1) is 5.92 Å². The third-order valence-corrected chi connectivity index (χ3v) is 3.72. The van der Waals surface area contributed by atoms with Gasteiger partial charge in [-0.25, -0.2) is 9.59 Å². The van der Waals surface area contributed by atoms with Gasteiger partial charge < -0.3 is 21.5 Å². The fourth-order valence-corrected chi connectivity index (χ4v) is 2.37. The quantitative estimate of drug-likeness (QED) is 0.590. The SMILES string of the molecule is CC(C)(NC(=O)NC(C(=O)O)C1CCCCC1)C(N)=O. The van der Waals surface area contributed by atoms with Crippen LogP contribution in [0.3, 0.4) is 0 Å². The molecule has 1 rings (SSSR count). The molecular formula is C13H23N3O4. The minimum Gasteiger partial charge on any atom is -0.480 e. The summed E-state index contributed by atoms with van der Waals surface area (Å²) in [4.78, 5) is 34.3. The Hall–Kier alpha value is -1.79. The molecule has 1 saturated carbocycles. The average molecular weight is 285 g/mol. The zero-order valence-electron chi connectivity index (χ0n) is 11.9. The summed E-state index contributed by atoms with van der Waals surface area (Å²) < 4.78 is 0. The Morgan fingerprint density at radius 2 is 1.75 bits per heavy atom. The zero-order chi connectivity index (χ0) is 15.3. The van der Waals surface area contributed by atoms with Crippen molar-refractivity contribution >= 4 is 17.9 Å². The van der Waals surface area contributed by atoms with Gasteiger partial charge in [0.05, 0.1) is 0 Å². The van der Waals surface area contributed by atoms with Gasteiger partial charge in [0.1, 0.15) is 11.6 Å². The lowest BCUT2D eigenvalue weighted by Gasteiger charge is -2.29. The molecule has 0 heterocycles. The number of hydrogen-bond acceptors (Lipinski definition) is 3. The number of carboxylic acids is 1. The summed E-state index contributed by atoms with van der Waals surface area (Å²) in [6.07, 6.45) is 4.63. The summed E-state index contributed by atoms with van der Waals surface area (Å²) in [5.41, 5.74) is 3.93. The number of primary amides is 1. The third kappa shape index (κ3) is 4.40. The smallest absolute Gasteiger partial charge is 0.326 e. The maximum absolute atomic E-state index is 11.8. The molecule has 0 aromatic carbocycles. The van der Waals surface area contributed by atoms with Crippen molar-refractivity contribution in [2.24, 2.45) is 11.7 Å². The van der Waals surface area contributed by atoms with E-state index in [1.807, 2.05) is 0 Å². The molecule has 0 aliphatic heterocycles. The molecule has 1 unspecified atom stereocenters. The third-order valence-electron chi connectivity index (χ3n) is 3.72. The van der Waals surface area contributed by atoms with Crippen molar-refractivity contribution in [2.75, 3.05) is 0 Å². The lowest BCUT2D eigenvalue weighted by molar-refractivity contribution is -0.141. The van der Waals surface area contributed by atoms with Gasteiger partial charge in [0, 0.05) is 0 Å². The maximum Gasteiger partial charge on any atom is 0.326 e. The van der Waals surface area contributed by atoms with Crippen LogP contribution < -0.4 is 16.4 Å². The van der Waals surface area contributed by atoms with Crippen molar-refractivity contribution in [3.63, 3.8) is 0 Å². The van der Waals surface area contributed by atoms with Crippen molar-refractivity contribution in [3.8, 4) is 0 Å². The van der Waals surface area contributed by atoms with Crippen molar-refractivity contribution in [3.05, 3.63) is 0 Å². The van der Waals surface area contributed by atoms with Crippen LogP contribution in [-0.4, -0.2) is 34.6 Å². The summed E-state index contributed by atoms with van der Waals surface area (Å²) in [5, 5.41) is 14.1. The molecule has 0 saturated heterocycles. The van der Waals surface area contributed by atoms with Gasteiger partial charge in [-0.05, 0) is 32.6 Å². The van der Waals surface area contributed by atoms with Crippen LogP contribution in [0.2, 0.25) is 0 Å². The Bertz CT molecular complexity index is 389. The fourth-order valence-electron chi connectivity index (χ4n) is 2.37. The van der Waals surface area contributed by atoms with Crippen LogP contribution in [0.5, 0.6) is 0 Å². The highest BCUT2D eigenvalue weighted by molar-refractivity contribution is 5.90. The molecule has 1 aliphatic carbocycles. The first-order chi connectivity index (χ1) is 9.24. The lowest BCUT2D eigenvalue weighted by atomic mass is 9.84. The van der Waals surface area contributed by atoms with Crippen LogP contribution in [0.15, 0.2) is 0 Å². The molecule has 5 N–H and O–H groups in total. The summed E-state index contributed by atoms with van der Waals surface area (Å²) in [5.74, 6) is -1.80. The largest absolute Gasteiger partial charge is 0.480 e. The van der Waals surface area contributed by atoms with E-state index >= 15 is 0 Å². The fraction of sp³-hybridized carbons (Fsp3) is 0.769. The number of aliphatic carboxylic acids is 1. The highest BCUT2D eigenvalue weighted by atomic mass is 16.4. The van der Waals surface area contributed by atoms with E-state index in [2.05, 4.69) is 10.6 Å². The highest BCUT2D eigenvalue weighted by Crippen LogP contribution is 2.26. The van der Waals surface area contributed by atoms with E-state index in [1.165, 1.54) is 13.8 Å². The van der Waals surface area contributed by atoms with E-state index in [0.29, 0.717) is 0 Å².